The van der Waals surface area contributed by atoms with Gasteiger partial charge in [-0.25, -0.2) is 14.3 Å². The molecule has 0 spiro atoms. The fourth-order valence-electron chi connectivity index (χ4n) is 0.458. The molecule has 4 N–H and O–H groups in total. The van der Waals surface area contributed by atoms with E-state index in [0.717, 1.165) is 5.32 Å². The second-order valence-corrected chi connectivity index (χ2v) is 3.90. The van der Waals surface area contributed by atoms with Gasteiger partial charge < -0.3 is 10.2 Å². The Balaban J connectivity index is 5.15. The van der Waals surface area contributed by atoms with Gasteiger partial charge in [-0.3, -0.25) is 5.32 Å². The van der Waals surface area contributed by atoms with Crippen LogP contribution in [0.2, 0.25) is 0 Å². The van der Waals surface area contributed by atoms with E-state index in [4.69, 9.17) is 10.2 Å². The Labute approximate surface area is 91.0 Å². The van der Waals surface area contributed by atoms with Crippen molar-refractivity contribution >= 4 is 28.2 Å². The summed E-state index contributed by atoms with van der Waals surface area (Å²) in [7, 11) is -5.96. The highest BCUT2D eigenvalue weighted by atomic mass is 32.2. The average molecular weight is 279 g/mol. The smallest absolute Gasteiger partial charge is 0.465 e. The third-order valence-corrected chi connectivity index (χ3v) is 2.04. The van der Waals surface area contributed by atoms with Crippen LogP contribution in [0.15, 0.2) is 4.99 Å². The molecule has 0 aliphatic heterocycles. The number of halogens is 3. The van der Waals surface area contributed by atoms with E-state index in [-0.39, 0.29) is 0 Å². The van der Waals surface area contributed by atoms with Crippen LogP contribution in [0.5, 0.6) is 0 Å². The lowest BCUT2D eigenvalue weighted by atomic mass is 10.9. The number of hydrogen-bond donors (Lipinski definition) is 4. The number of amides is 2. The molecule has 9 nitrogen and oxygen atoms in total. The first-order valence-electron chi connectivity index (χ1n) is 3.36. The van der Waals surface area contributed by atoms with Crippen LogP contribution in [0.3, 0.4) is 0 Å². The van der Waals surface area contributed by atoms with Crippen LogP contribution in [-0.4, -0.2) is 42.3 Å². The maximum Gasteiger partial charge on any atom is 0.516 e. The summed E-state index contributed by atoms with van der Waals surface area (Å²) in [4.78, 5) is 22.3. The van der Waals surface area contributed by atoms with Gasteiger partial charge in [-0.1, -0.05) is 0 Å². The van der Waals surface area contributed by atoms with Crippen LogP contribution in [-0.2, 0) is 10.0 Å². The molecule has 0 aromatic rings. The van der Waals surface area contributed by atoms with E-state index in [9.17, 15) is 31.2 Å². The second kappa shape index (κ2) is 4.86. The van der Waals surface area contributed by atoms with Crippen molar-refractivity contribution in [3.63, 3.8) is 0 Å². The molecule has 13 heteroatoms. The van der Waals surface area contributed by atoms with E-state index in [0.29, 0.717) is 4.72 Å². The van der Waals surface area contributed by atoms with Crippen molar-refractivity contribution in [3.05, 3.63) is 0 Å². The topological polar surface area (TPSA) is 145 Å². The predicted octanol–water partition coefficient (Wildman–Crippen LogP) is -0.273. The number of guanidine groups is 1. The van der Waals surface area contributed by atoms with Gasteiger partial charge in [0.25, 0.3) is 0 Å². The number of nitrogens with zero attached hydrogens (tertiary/aromatic N) is 1. The van der Waals surface area contributed by atoms with E-state index < -0.39 is 33.7 Å². The summed E-state index contributed by atoms with van der Waals surface area (Å²) < 4.78 is 57.1. The van der Waals surface area contributed by atoms with Crippen LogP contribution in [0.25, 0.3) is 0 Å². The monoisotopic (exact) mass is 279 g/mol. The molecule has 0 aromatic heterocycles. The standard InChI is InChI=1S/C4H4F3N3O6S/c5-4(6,7)17(15,16)10-1(8-2(11)12)9-3(13)14/h(H,11,12)(H,13,14)(H2,8,9,10). The molecule has 0 fully saturated rings. The molecule has 0 aliphatic carbocycles. The van der Waals surface area contributed by atoms with Crippen LogP contribution < -0.4 is 10.0 Å². The summed E-state index contributed by atoms with van der Waals surface area (Å²) in [5.74, 6) is -1.61. The molecule has 0 unspecified atom stereocenters. The zero-order chi connectivity index (χ0) is 13.9. The first-order chi connectivity index (χ1) is 7.45. The highest BCUT2D eigenvalue weighted by molar-refractivity contribution is 7.90. The highest BCUT2D eigenvalue weighted by Crippen LogP contribution is 2.21. The quantitative estimate of drug-likeness (QED) is 0.384. The number of carbonyl (C=O) groups is 2. The van der Waals surface area contributed by atoms with Crippen molar-refractivity contribution in [2.75, 3.05) is 0 Å². The molecule has 0 rings (SSSR count). The third-order valence-electron chi connectivity index (χ3n) is 0.969. The Bertz CT molecular complexity index is 454. The molecular formula is C4H4F3N3O6S. The Morgan fingerprint density at radius 2 is 1.65 bits per heavy atom. The lowest BCUT2D eigenvalue weighted by Crippen LogP contribution is -2.48. The van der Waals surface area contributed by atoms with Crippen LogP contribution in [0, 0.1) is 0 Å². The summed E-state index contributed by atoms with van der Waals surface area (Å²) in [6.45, 7) is 0. The van der Waals surface area contributed by atoms with Gasteiger partial charge in [0.15, 0.2) is 0 Å². The summed E-state index contributed by atoms with van der Waals surface area (Å²) in [6.07, 6.45) is -4.10. The van der Waals surface area contributed by atoms with Crippen molar-refractivity contribution in [1.29, 1.82) is 0 Å². The SMILES string of the molecule is O=C(O)N=C(NC(=O)O)NS(=O)(=O)C(F)(F)F. The number of sulfonamides is 1. The minimum Gasteiger partial charge on any atom is -0.465 e. The van der Waals surface area contributed by atoms with E-state index in [1.54, 1.807) is 0 Å². The summed E-state index contributed by atoms with van der Waals surface area (Å²) in [6, 6.07) is 0. The average Bonchev–Trinajstić information content (AvgIpc) is 1.96. The Morgan fingerprint density at radius 3 is 1.94 bits per heavy atom. The predicted molar refractivity (Wildman–Crippen MR) is 44.7 cm³/mol. The van der Waals surface area contributed by atoms with Crippen molar-refractivity contribution < 1.29 is 41.4 Å². The van der Waals surface area contributed by atoms with Crippen LogP contribution >= 0.6 is 0 Å². The number of rotatable bonds is 1. The van der Waals surface area contributed by atoms with Gasteiger partial charge in [0.05, 0.1) is 0 Å². The van der Waals surface area contributed by atoms with Crippen molar-refractivity contribution in [3.8, 4) is 0 Å². The maximum absolute atomic E-state index is 11.8. The number of carboxylic acid groups (broad SMARTS) is 2. The molecule has 2 amide bonds. The van der Waals surface area contributed by atoms with Crippen LogP contribution in [0.4, 0.5) is 22.8 Å². The lowest BCUT2D eigenvalue weighted by Gasteiger charge is -2.11. The Kier molecular flexibility index (Phi) is 4.27. The fraction of sp³-hybridized carbons (Fsp3) is 0.250. The van der Waals surface area contributed by atoms with E-state index in [1.165, 1.54) is 0 Å². The zero-order valence-corrected chi connectivity index (χ0v) is 8.33. The van der Waals surface area contributed by atoms with Gasteiger partial charge in [0.2, 0.25) is 5.96 Å². The van der Waals surface area contributed by atoms with Gasteiger partial charge >= 0.3 is 27.7 Å². The molecule has 0 saturated carbocycles. The van der Waals surface area contributed by atoms with Gasteiger partial charge in [0, 0.05) is 0 Å². The second-order valence-electron chi connectivity index (χ2n) is 2.22. The molecule has 0 aromatic carbocycles. The minimum atomic E-state index is -5.96. The number of alkyl halides is 3. The molecule has 0 radical (unpaired) electrons. The molecule has 0 atom stereocenters. The van der Waals surface area contributed by atoms with Crippen molar-refractivity contribution in [2.45, 2.75) is 5.51 Å². The van der Waals surface area contributed by atoms with Crippen molar-refractivity contribution in [2.24, 2.45) is 4.99 Å². The summed E-state index contributed by atoms with van der Waals surface area (Å²) in [5, 5.41) is 17.2. The molecule has 0 saturated heterocycles. The third kappa shape index (κ3) is 5.01. The lowest BCUT2D eigenvalue weighted by molar-refractivity contribution is -0.0442. The van der Waals surface area contributed by atoms with Gasteiger partial charge in [-0.15, -0.1) is 4.99 Å². The van der Waals surface area contributed by atoms with E-state index in [1.807, 2.05) is 0 Å². The largest absolute Gasteiger partial charge is 0.516 e. The minimum absolute atomic E-state index is 0.620. The van der Waals surface area contributed by atoms with E-state index >= 15 is 0 Å². The summed E-state index contributed by atoms with van der Waals surface area (Å²) >= 11 is 0. The van der Waals surface area contributed by atoms with E-state index in [2.05, 4.69) is 4.99 Å². The zero-order valence-electron chi connectivity index (χ0n) is 7.52. The molecule has 17 heavy (non-hydrogen) atoms. The molecule has 0 aliphatic rings. The summed E-state index contributed by atoms with van der Waals surface area (Å²) in [5.41, 5.74) is -5.74. The van der Waals surface area contributed by atoms with Crippen molar-refractivity contribution in [1.82, 2.24) is 10.0 Å². The molecule has 0 heterocycles. The highest BCUT2D eigenvalue weighted by Gasteiger charge is 2.46. The van der Waals surface area contributed by atoms with Gasteiger partial charge in [0.1, 0.15) is 0 Å². The number of aliphatic imine (C=N–C) groups is 1. The Morgan fingerprint density at radius 1 is 1.18 bits per heavy atom. The fourth-order valence-corrected chi connectivity index (χ4v) is 0.925. The van der Waals surface area contributed by atoms with Gasteiger partial charge in [-0.2, -0.15) is 21.6 Å². The molecule has 98 valence electrons. The Hall–Kier alpha value is -2.05. The number of hydrogen-bond acceptors (Lipinski definition) is 4. The normalized spacial score (nSPS) is 13.0. The van der Waals surface area contributed by atoms with Gasteiger partial charge in [-0.05, 0) is 0 Å². The van der Waals surface area contributed by atoms with Crippen LogP contribution in [0.1, 0.15) is 0 Å². The first kappa shape index (κ1) is 14.9. The first-order valence-corrected chi connectivity index (χ1v) is 4.84. The maximum atomic E-state index is 11.8. The molecular weight excluding hydrogens is 275 g/mol. The number of nitrogens with one attached hydrogen (secondary N) is 2. The molecule has 0 bridgehead atoms.